The molecule has 2 aromatic rings. The van der Waals surface area contributed by atoms with Gasteiger partial charge in [-0.15, -0.1) is 0 Å². The number of aromatic nitrogens is 2. The fourth-order valence-corrected chi connectivity index (χ4v) is 1.59. The molecule has 2 rings (SSSR count). The van der Waals surface area contributed by atoms with E-state index in [1.54, 1.807) is 6.20 Å². The zero-order valence-corrected chi connectivity index (χ0v) is 9.59. The predicted molar refractivity (Wildman–Crippen MR) is 66.5 cm³/mol. The normalized spacial score (nSPS) is 10.4. The molecule has 1 heterocycles. The van der Waals surface area contributed by atoms with E-state index >= 15 is 0 Å². The summed E-state index contributed by atoms with van der Waals surface area (Å²) in [5.74, 6) is 0. The molecule has 16 heavy (non-hydrogen) atoms. The van der Waals surface area contributed by atoms with Gasteiger partial charge >= 0.3 is 0 Å². The molecule has 1 aromatic heterocycles. The van der Waals surface area contributed by atoms with Crippen LogP contribution in [0.15, 0.2) is 36.7 Å². The maximum Gasteiger partial charge on any atom is 0.0719 e. The summed E-state index contributed by atoms with van der Waals surface area (Å²) in [5.41, 5.74) is 8.73. The van der Waals surface area contributed by atoms with Crippen LogP contribution in [0.4, 0.5) is 11.4 Å². The van der Waals surface area contributed by atoms with Crippen molar-refractivity contribution in [2.75, 3.05) is 24.7 Å². The quantitative estimate of drug-likeness (QED) is 0.847. The zero-order chi connectivity index (χ0) is 11.5. The second-order valence-corrected chi connectivity index (χ2v) is 4.04. The third kappa shape index (κ3) is 2.34. The molecular formula is C12H16N4. The third-order valence-electron chi connectivity index (χ3n) is 2.42. The fourth-order valence-electron chi connectivity index (χ4n) is 1.59. The number of hydrogen-bond acceptors (Lipinski definition) is 3. The van der Waals surface area contributed by atoms with Crippen molar-refractivity contribution in [2.24, 2.45) is 0 Å². The van der Waals surface area contributed by atoms with Gasteiger partial charge in [0.1, 0.15) is 0 Å². The Bertz CT molecular complexity index is 473. The van der Waals surface area contributed by atoms with Crippen LogP contribution in [0.5, 0.6) is 0 Å². The summed E-state index contributed by atoms with van der Waals surface area (Å²) in [6.07, 6.45) is 3.50. The van der Waals surface area contributed by atoms with E-state index in [4.69, 9.17) is 5.73 Å². The van der Waals surface area contributed by atoms with Gasteiger partial charge in [-0.05, 0) is 17.7 Å². The summed E-state index contributed by atoms with van der Waals surface area (Å²) in [6.45, 7) is 0.749. The van der Waals surface area contributed by atoms with Gasteiger partial charge in [0, 0.05) is 26.0 Å². The van der Waals surface area contributed by atoms with E-state index < -0.39 is 0 Å². The smallest absolute Gasteiger partial charge is 0.0719 e. The molecule has 0 aliphatic heterocycles. The van der Waals surface area contributed by atoms with Crippen LogP contribution in [0.2, 0.25) is 0 Å². The molecular weight excluding hydrogens is 200 g/mol. The van der Waals surface area contributed by atoms with Crippen molar-refractivity contribution in [3.8, 4) is 0 Å². The summed E-state index contributed by atoms with van der Waals surface area (Å²) in [6, 6.07) is 8.38. The Hall–Kier alpha value is -1.97. The van der Waals surface area contributed by atoms with Crippen molar-refractivity contribution in [3.05, 3.63) is 42.2 Å². The first kappa shape index (κ1) is 10.5. The molecule has 84 valence electrons. The minimum atomic E-state index is 0.698. The van der Waals surface area contributed by atoms with Crippen molar-refractivity contribution in [2.45, 2.75) is 6.54 Å². The van der Waals surface area contributed by atoms with Crippen LogP contribution in [0, 0.1) is 0 Å². The second-order valence-electron chi connectivity index (χ2n) is 4.04. The predicted octanol–water partition coefficient (Wildman–Crippen LogP) is 1.58. The summed E-state index contributed by atoms with van der Waals surface area (Å²) >= 11 is 0. The van der Waals surface area contributed by atoms with E-state index in [1.807, 2.05) is 25.0 Å². The van der Waals surface area contributed by atoms with Gasteiger partial charge in [-0.3, -0.25) is 4.68 Å². The molecule has 0 unspecified atom stereocenters. The summed E-state index contributed by atoms with van der Waals surface area (Å²) in [4.78, 5) is 2.08. The highest BCUT2D eigenvalue weighted by atomic mass is 15.3. The molecule has 0 saturated carbocycles. The molecule has 0 fully saturated rings. The molecule has 0 aliphatic rings. The summed E-state index contributed by atoms with van der Waals surface area (Å²) < 4.78 is 1.84. The third-order valence-corrected chi connectivity index (χ3v) is 2.42. The number of hydrogen-bond donors (Lipinski definition) is 1. The Kier molecular flexibility index (Phi) is 2.81. The topological polar surface area (TPSA) is 47.1 Å². The largest absolute Gasteiger partial charge is 0.396 e. The van der Waals surface area contributed by atoms with Gasteiger partial charge in [-0.2, -0.15) is 5.10 Å². The molecule has 4 heteroatoms. The van der Waals surface area contributed by atoms with E-state index in [-0.39, 0.29) is 0 Å². The molecule has 0 radical (unpaired) electrons. The van der Waals surface area contributed by atoms with E-state index in [1.165, 1.54) is 11.3 Å². The fraction of sp³-hybridized carbons (Fsp3) is 0.250. The lowest BCUT2D eigenvalue weighted by Gasteiger charge is -2.13. The number of nitrogens with zero attached hydrogens (tertiary/aromatic N) is 3. The molecule has 2 N–H and O–H groups in total. The number of nitrogen functional groups attached to an aromatic ring is 1. The van der Waals surface area contributed by atoms with Gasteiger partial charge in [0.15, 0.2) is 0 Å². The van der Waals surface area contributed by atoms with Crippen molar-refractivity contribution in [3.63, 3.8) is 0 Å². The Morgan fingerprint density at radius 3 is 2.81 bits per heavy atom. The molecule has 0 spiro atoms. The van der Waals surface area contributed by atoms with E-state index in [0.29, 0.717) is 5.69 Å². The standard InChI is InChI=1S/C12H16N4/c1-15(2)12-5-3-4-10(6-12)8-16-9-11(13)7-14-16/h3-7,9H,8,13H2,1-2H3. The minimum Gasteiger partial charge on any atom is -0.396 e. The van der Waals surface area contributed by atoms with Crippen molar-refractivity contribution >= 4 is 11.4 Å². The summed E-state index contributed by atoms with van der Waals surface area (Å²) in [5, 5.41) is 4.16. The lowest BCUT2D eigenvalue weighted by atomic mass is 10.2. The number of anilines is 2. The molecule has 1 aromatic carbocycles. The summed E-state index contributed by atoms with van der Waals surface area (Å²) in [7, 11) is 4.07. The first-order valence-corrected chi connectivity index (χ1v) is 5.19. The minimum absolute atomic E-state index is 0.698. The van der Waals surface area contributed by atoms with Crippen molar-refractivity contribution in [1.29, 1.82) is 0 Å². The Labute approximate surface area is 95.3 Å². The van der Waals surface area contributed by atoms with Crippen LogP contribution >= 0.6 is 0 Å². The maximum absolute atomic E-state index is 5.62. The van der Waals surface area contributed by atoms with E-state index in [0.717, 1.165) is 6.54 Å². The number of rotatable bonds is 3. The average Bonchev–Trinajstić information content (AvgIpc) is 2.64. The van der Waals surface area contributed by atoms with Crippen LogP contribution < -0.4 is 10.6 Å². The molecule has 0 aliphatic carbocycles. The Morgan fingerprint density at radius 2 is 2.19 bits per heavy atom. The van der Waals surface area contributed by atoms with E-state index in [2.05, 4.69) is 34.3 Å². The van der Waals surface area contributed by atoms with Crippen LogP contribution in [0.1, 0.15) is 5.56 Å². The Balaban J connectivity index is 2.18. The number of benzene rings is 1. The molecule has 0 atom stereocenters. The lowest BCUT2D eigenvalue weighted by Crippen LogP contribution is -2.09. The zero-order valence-electron chi connectivity index (χ0n) is 9.59. The van der Waals surface area contributed by atoms with Gasteiger partial charge in [-0.1, -0.05) is 12.1 Å². The SMILES string of the molecule is CN(C)c1cccc(Cn2cc(N)cn2)c1. The lowest BCUT2D eigenvalue weighted by molar-refractivity contribution is 0.687. The molecule has 4 nitrogen and oxygen atoms in total. The maximum atomic E-state index is 5.62. The van der Waals surface area contributed by atoms with Crippen molar-refractivity contribution in [1.82, 2.24) is 9.78 Å². The monoisotopic (exact) mass is 216 g/mol. The van der Waals surface area contributed by atoms with Gasteiger partial charge in [0.25, 0.3) is 0 Å². The first-order valence-electron chi connectivity index (χ1n) is 5.19. The highest BCUT2D eigenvalue weighted by Crippen LogP contribution is 2.14. The van der Waals surface area contributed by atoms with E-state index in [9.17, 15) is 0 Å². The van der Waals surface area contributed by atoms with Crippen LogP contribution in [-0.4, -0.2) is 23.9 Å². The van der Waals surface area contributed by atoms with Gasteiger partial charge < -0.3 is 10.6 Å². The first-order chi connectivity index (χ1) is 7.65. The Morgan fingerprint density at radius 1 is 1.38 bits per heavy atom. The highest BCUT2D eigenvalue weighted by Gasteiger charge is 2.00. The van der Waals surface area contributed by atoms with Gasteiger partial charge in [-0.25, -0.2) is 0 Å². The van der Waals surface area contributed by atoms with Crippen LogP contribution in [0.3, 0.4) is 0 Å². The van der Waals surface area contributed by atoms with Crippen molar-refractivity contribution < 1.29 is 0 Å². The molecule has 0 saturated heterocycles. The van der Waals surface area contributed by atoms with Gasteiger partial charge in [0.05, 0.1) is 18.4 Å². The molecule has 0 bridgehead atoms. The molecule has 0 amide bonds. The van der Waals surface area contributed by atoms with Crippen LogP contribution in [0.25, 0.3) is 0 Å². The second kappa shape index (κ2) is 4.26. The van der Waals surface area contributed by atoms with Gasteiger partial charge in [0.2, 0.25) is 0 Å². The highest BCUT2D eigenvalue weighted by molar-refractivity contribution is 5.47. The number of nitrogens with two attached hydrogens (primary N) is 1. The van der Waals surface area contributed by atoms with Crippen LogP contribution in [-0.2, 0) is 6.54 Å². The average molecular weight is 216 g/mol.